The van der Waals surface area contributed by atoms with Gasteiger partial charge in [-0.05, 0) is 0 Å². The Bertz CT molecular complexity index is 119. The minimum absolute atomic E-state index is 0.0171. The molecule has 0 rings (SSSR count). The van der Waals surface area contributed by atoms with E-state index in [4.69, 9.17) is 5.73 Å². The molecule has 1 unspecified atom stereocenters. The predicted octanol–water partition coefficient (Wildman–Crippen LogP) is 0.487. The van der Waals surface area contributed by atoms with Crippen molar-refractivity contribution < 1.29 is 9.53 Å². The molecule has 11 heavy (non-hydrogen) atoms. The first-order chi connectivity index (χ1) is 5.22. The van der Waals surface area contributed by atoms with E-state index in [2.05, 4.69) is 4.74 Å². The molecule has 4 heteroatoms. The minimum Gasteiger partial charge on any atom is -0.469 e. The third-order valence-electron chi connectivity index (χ3n) is 1.23. The highest BCUT2D eigenvalue weighted by Gasteiger charge is 2.11. The molecule has 0 saturated carbocycles. The highest BCUT2D eigenvalue weighted by atomic mass is 32.2. The molecule has 1 atom stereocenters. The summed E-state index contributed by atoms with van der Waals surface area (Å²) in [6, 6.07) is 0. The molecule has 66 valence electrons. The maximum atomic E-state index is 10.8. The number of esters is 1. The van der Waals surface area contributed by atoms with Crippen LogP contribution in [0.15, 0.2) is 0 Å². The smallest absolute Gasteiger partial charge is 0.309 e. The lowest BCUT2D eigenvalue weighted by Gasteiger charge is -2.07. The molecule has 2 N–H and O–H groups in total. The lowest BCUT2D eigenvalue weighted by Crippen LogP contribution is -2.15. The largest absolute Gasteiger partial charge is 0.469 e. The number of hydrogen-bond donors (Lipinski definition) is 1. The zero-order chi connectivity index (χ0) is 8.69. The number of carbonyl (C=O) groups is 1. The third kappa shape index (κ3) is 5.09. The van der Waals surface area contributed by atoms with Gasteiger partial charge in [-0.1, -0.05) is 6.92 Å². The number of ether oxygens (including phenoxy) is 1. The lowest BCUT2D eigenvalue weighted by atomic mass is 10.2. The van der Waals surface area contributed by atoms with Gasteiger partial charge in [0.1, 0.15) is 0 Å². The Morgan fingerprint density at radius 3 is 2.82 bits per heavy atom. The molecule has 0 aromatic heterocycles. The van der Waals surface area contributed by atoms with E-state index in [1.54, 1.807) is 11.8 Å². The fourth-order valence-corrected chi connectivity index (χ4v) is 1.44. The molecule has 0 saturated heterocycles. The van der Waals surface area contributed by atoms with E-state index in [-0.39, 0.29) is 11.9 Å². The summed E-state index contributed by atoms with van der Waals surface area (Å²) in [6.07, 6.45) is 0. The number of carbonyl (C=O) groups excluding carboxylic acids is 1. The molecule has 0 spiro atoms. The van der Waals surface area contributed by atoms with E-state index >= 15 is 0 Å². The molecule has 0 aromatic carbocycles. The van der Waals surface area contributed by atoms with Gasteiger partial charge in [-0.3, -0.25) is 4.79 Å². The zero-order valence-corrected chi connectivity index (χ0v) is 7.82. The molecular formula is C7H15NO2S. The maximum Gasteiger partial charge on any atom is 0.309 e. The van der Waals surface area contributed by atoms with Crippen LogP contribution in [0.5, 0.6) is 0 Å². The van der Waals surface area contributed by atoms with Crippen LogP contribution in [0.4, 0.5) is 0 Å². The van der Waals surface area contributed by atoms with Crippen molar-refractivity contribution in [2.75, 3.05) is 25.2 Å². The van der Waals surface area contributed by atoms with Crippen LogP contribution in [-0.2, 0) is 9.53 Å². The Hall–Kier alpha value is -0.220. The Labute approximate surface area is 71.7 Å². The SMILES string of the molecule is COC(=O)C(C)CSCCN. The molecule has 0 heterocycles. The molecule has 0 radical (unpaired) electrons. The molecule has 0 aliphatic carbocycles. The van der Waals surface area contributed by atoms with Crippen molar-refractivity contribution in [1.82, 2.24) is 0 Å². The average molecular weight is 177 g/mol. The van der Waals surface area contributed by atoms with Crippen molar-refractivity contribution in [1.29, 1.82) is 0 Å². The van der Waals surface area contributed by atoms with Gasteiger partial charge in [-0.15, -0.1) is 0 Å². The number of rotatable bonds is 5. The van der Waals surface area contributed by atoms with Gasteiger partial charge in [-0.2, -0.15) is 11.8 Å². The normalized spacial score (nSPS) is 12.6. The average Bonchev–Trinajstić information content (AvgIpc) is 2.03. The van der Waals surface area contributed by atoms with Gasteiger partial charge in [0.15, 0.2) is 0 Å². The highest BCUT2D eigenvalue weighted by Crippen LogP contribution is 2.08. The monoisotopic (exact) mass is 177 g/mol. The first kappa shape index (κ1) is 10.8. The number of methoxy groups -OCH3 is 1. The van der Waals surface area contributed by atoms with Crippen molar-refractivity contribution in [3.05, 3.63) is 0 Å². The first-order valence-corrected chi connectivity index (χ1v) is 4.73. The second-order valence-electron chi connectivity index (χ2n) is 2.29. The molecule has 0 aliphatic rings. The number of thioether (sulfide) groups is 1. The van der Waals surface area contributed by atoms with Crippen LogP contribution in [0.2, 0.25) is 0 Å². The molecular weight excluding hydrogens is 162 g/mol. The van der Waals surface area contributed by atoms with E-state index in [1.807, 2.05) is 6.92 Å². The second kappa shape index (κ2) is 6.49. The van der Waals surface area contributed by atoms with Crippen molar-refractivity contribution in [2.45, 2.75) is 6.92 Å². The fourth-order valence-electron chi connectivity index (χ4n) is 0.613. The van der Waals surface area contributed by atoms with Crippen molar-refractivity contribution in [3.8, 4) is 0 Å². The van der Waals surface area contributed by atoms with Crippen LogP contribution in [0.1, 0.15) is 6.92 Å². The molecule has 0 fully saturated rings. The first-order valence-electron chi connectivity index (χ1n) is 3.58. The van der Waals surface area contributed by atoms with Gasteiger partial charge < -0.3 is 10.5 Å². The summed E-state index contributed by atoms with van der Waals surface area (Å²) < 4.78 is 4.56. The van der Waals surface area contributed by atoms with Gasteiger partial charge in [0.25, 0.3) is 0 Å². The Kier molecular flexibility index (Phi) is 6.36. The van der Waals surface area contributed by atoms with E-state index < -0.39 is 0 Å². The van der Waals surface area contributed by atoms with Crippen molar-refractivity contribution in [2.24, 2.45) is 11.7 Å². The maximum absolute atomic E-state index is 10.8. The molecule has 0 amide bonds. The van der Waals surface area contributed by atoms with Crippen LogP contribution in [-0.4, -0.2) is 31.1 Å². The highest BCUT2D eigenvalue weighted by molar-refractivity contribution is 7.99. The van der Waals surface area contributed by atoms with E-state index in [1.165, 1.54) is 7.11 Å². The molecule has 0 aromatic rings. The lowest BCUT2D eigenvalue weighted by molar-refractivity contribution is -0.143. The van der Waals surface area contributed by atoms with Crippen LogP contribution in [0, 0.1) is 5.92 Å². The van der Waals surface area contributed by atoms with Gasteiger partial charge in [0.05, 0.1) is 13.0 Å². The van der Waals surface area contributed by atoms with Crippen LogP contribution < -0.4 is 5.73 Å². The topological polar surface area (TPSA) is 52.3 Å². The molecule has 3 nitrogen and oxygen atoms in total. The summed E-state index contributed by atoms with van der Waals surface area (Å²) in [5, 5.41) is 0. The quantitative estimate of drug-likeness (QED) is 0.490. The minimum atomic E-state index is -0.144. The van der Waals surface area contributed by atoms with Crippen LogP contribution in [0.25, 0.3) is 0 Å². The summed E-state index contributed by atoms with van der Waals surface area (Å²) >= 11 is 1.68. The Morgan fingerprint density at radius 2 is 2.36 bits per heavy atom. The van der Waals surface area contributed by atoms with Crippen LogP contribution >= 0.6 is 11.8 Å². The summed E-state index contributed by atoms with van der Waals surface area (Å²) in [6.45, 7) is 2.52. The van der Waals surface area contributed by atoms with E-state index in [0.29, 0.717) is 6.54 Å². The van der Waals surface area contributed by atoms with Crippen molar-refractivity contribution >= 4 is 17.7 Å². The van der Waals surface area contributed by atoms with Gasteiger partial charge in [-0.25, -0.2) is 0 Å². The number of nitrogens with two attached hydrogens (primary N) is 1. The zero-order valence-electron chi connectivity index (χ0n) is 7.00. The van der Waals surface area contributed by atoms with E-state index in [0.717, 1.165) is 11.5 Å². The summed E-state index contributed by atoms with van der Waals surface area (Å²) in [4.78, 5) is 10.8. The van der Waals surface area contributed by atoms with Gasteiger partial charge >= 0.3 is 5.97 Å². The van der Waals surface area contributed by atoms with Crippen LogP contribution in [0.3, 0.4) is 0 Å². The summed E-state index contributed by atoms with van der Waals surface area (Å²) in [7, 11) is 1.41. The third-order valence-corrected chi connectivity index (χ3v) is 2.49. The number of hydrogen-bond acceptors (Lipinski definition) is 4. The van der Waals surface area contributed by atoms with Gasteiger partial charge in [0.2, 0.25) is 0 Å². The molecule has 0 aliphatic heterocycles. The summed E-state index contributed by atoms with van der Waals surface area (Å²) in [5.41, 5.74) is 5.29. The standard InChI is InChI=1S/C7H15NO2S/c1-6(7(9)10-2)5-11-4-3-8/h6H,3-5,8H2,1-2H3. The summed E-state index contributed by atoms with van der Waals surface area (Å²) in [5.74, 6) is 1.54. The van der Waals surface area contributed by atoms with Gasteiger partial charge in [0, 0.05) is 18.1 Å². The predicted molar refractivity (Wildman–Crippen MR) is 47.6 cm³/mol. The molecule has 0 bridgehead atoms. The fraction of sp³-hybridized carbons (Fsp3) is 0.857. The van der Waals surface area contributed by atoms with E-state index in [9.17, 15) is 4.79 Å². The van der Waals surface area contributed by atoms with Crippen molar-refractivity contribution in [3.63, 3.8) is 0 Å². The Morgan fingerprint density at radius 1 is 1.73 bits per heavy atom. The second-order valence-corrected chi connectivity index (χ2v) is 3.44. The Balaban J connectivity index is 3.36.